The Labute approximate surface area is 95.2 Å². The fourth-order valence-corrected chi connectivity index (χ4v) is 1.72. The van der Waals surface area contributed by atoms with Gasteiger partial charge in [0.15, 0.2) is 0 Å². The lowest BCUT2D eigenvalue weighted by Gasteiger charge is -2.17. The van der Waals surface area contributed by atoms with Gasteiger partial charge in [-0.3, -0.25) is 9.89 Å². The number of nitrogens with one attached hydrogen (secondary N) is 1. The van der Waals surface area contributed by atoms with Crippen molar-refractivity contribution < 1.29 is 4.79 Å². The van der Waals surface area contributed by atoms with E-state index >= 15 is 0 Å². The van der Waals surface area contributed by atoms with Crippen LogP contribution in [0.2, 0.25) is 0 Å². The fraction of sp³-hybridized carbons (Fsp3) is 0.727. The molecule has 1 aliphatic carbocycles. The zero-order chi connectivity index (χ0) is 11.5. The van der Waals surface area contributed by atoms with Crippen LogP contribution in [0, 0.1) is 0 Å². The summed E-state index contributed by atoms with van der Waals surface area (Å²) in [5.74, 6) is 1.64. The normalized spacial score (nSPS) is 15.1. The highest BCUT2D eigenvalue weighted by atomic mass is 16.2. The van der Waals surface area contributed by atoms with Gasteiger partial charge in [0.05, 0.1) is 0 Å². The molecular weight excluding hydrogens is 204 g/mol. The number of hydrogen-bond donors (Lipinski definition) is 1. The lowest BCUT2D eigenvalue weighted by atomic mass is 10.3. The zero-order valence-electron chi connectivity index (χ0n) is 9.86. The molecule has 1 aromatic heterocycles. The van der Waals surface area contributed by atoms with E-state index in [1.54, 1.807) is 4.90 Å². The van der Waals surface area contributed by atoms with Crippen LogP contribution in [0.4, 0.5) is 0 Å². The molecule has 0 saturated heterocycles. The summed E-state index contributed by atoms with van der Waals surface area (Å²) < 4.78 is 0. The van der Waals surface area contributed by atoms with E-state index < -0.39 is 0 Å². The molecule has 1 amide bonds. The Morgan fingerprint density at radius 1 is 1.50 bits per heavy atom. The molecule has 0 bridgehead atoms. The monoisotopic (exact) mass is 222 g/mol. The minimum atomic E-state index is -0.0625. The summed E-state index contributed by atoms with van der Waals surface area (Å²) in [7, 11) is 0. The average Bonchev–Trinajstić information content (AvgIpc) is 3.03. The molecule has 1 saturated carbocycles. The summed E-state index contributed by atoms with van der Waals surface area (Å²) in [4.78, 5) is 18.0. The standard InChI is InChI=1S/C11H18N4O/c1-3-7-15(4-2)11(16)10-12-9(13-14-10)8-5-6-8/h8H,3-7H2,1-2H3,(H,12,13,14). The van der Waals surface area contributed by atoms with E-state index in [9.17, 15) is 4.79 Å². The summed E-state index contributed by atoms with van der Waals surface area (Å²) in [5, 5.41) is 6.86. The Balaban J connectivity index is 2.06. The van der Waals surface area contributed by atoms with Crippen molar-refractivity contribution in [3.05, 3.63) is 11.6 Å². The second kappa shape index (κ2) is 4.63. The van der Waals surface area contributed by atoms with Gasteiger partial charge in [0.2, 0.25) is 5.82 Å². The van der Waals surface area contributed by atoms with Crippen LogP contribution in [-0.2, 0) is 0 Å². The van der Waals surface area contributed by atoms with E-state index in [4.69, 9.17) is 0 Å². The minimum Gasteiger partial charge on any atom is -0.336 e. The van der Waals surface area contributed by atoms with E-state index in [-0.39, 0.29) is 5.91 Å². The van der Waals surface area contributed by atoms with Gasteiger partial charge in [-0.25, -0.2) is 4.98 Å². The Hall–Kier alpha value is -1.39. The molecule has 2 rings (SSSR count). The third kappa shape index (κ3) is 2.23. The maximum Gasteiger partial charge on any atom is 0.293 e. The van der Waals surface area contributed by atoms with Crippen LogP contribution in [0.3, 0.4) is 0 Å². The van der Waals surface area contributed by atoms with Crippen LogP contribution in [0.1, 0.15) is 55.5 Å². The van der Waals surface area contributed by atoms with Crippen molar-refractivity contribution >= 4 is 5.91 Å². The van der Waals surface area contributed by atoms with Crippen LogP contribution in [0.15, 0.2) is 0 Å². The van der Waals surface area contributed by atoms with Crippen molar-refractivity contribution in [2.24, 2.45) is 0 Å². The van der Waals surface area contributed by atoms with Gasteiger partial charge in [-0.1, -0.05) is 6.92 Å². The molecule has 1 N–H and O–H groups in total. The molecule has 5 heteroatoms. The number of amides is 1. The van der Waals surface area contributed by atoms with Crippen molar-refractivity contribution in [3.8, 4) is 0 Å². The second-order valence-electron chi connectivity index (χ2n) is 4.20. The van der Waals surface area contributed by atoms with Gasteiger partial charge < -0.3 is 4.90 Å². The number of nitrogens with zero attached hydrogens (tertiary/aromatic N) is 3. The molecule has 0 spiro atoms. The van der Waals surface area contributed by atoms with Crippen LogP contribution in [0.5, 0.6) is 0 Å². The maximum atomic E-state index is 12.0. The van der Waals surface area contributed by atoms with Crippen LogP contribution in [0.25, 0.3) is 0 Å². The van der Waals surface area contributed by atoms with Gasteiger partial charge in [-0.2, -0.15) is 0 Å². The van der Waals surface area contributed by atoms with Crippen molar-refractivity contribution in [2.45, 2.75) is 39.0 Å². The quantitative estimate of drug-likeness (QED) is 0.822. The average molecular weight is 222 g/mol. The number of H-pyrrole nitrogens is 1. The first-order chi connectivity index (χ1) is 7.76. The third-order valence-electron chi connectivity index (χ3n) is 2.82. The molecule has 16 heavy (non-hydrogen) atoms. The molecule has 1 aromatic rings. The highest BCUT2D eigenvalue weighted by Crippen LogP contribution is 2.37. The van der Waals surface area contributed by atoms with Crippen molar-refractivity contribution in [1.82, 2.24) is 20.1 Å². The zero-order valence-corrected chi connectivity index (χ0v) is 9.86. The van der Waals surface area contributed by atoms with Crippen LogP contribution >= 0.6 is 0 Å². The van der Waals surface area contributed by atoms with Crippen molar-refractivity contribution in [2.75, 3.05) is 13.1 Å². The highest BCUT2D eigenvalue weighted by molar-refractivity contribution is 5.90. The van der Waals surface area contributed by atoms with Crippen LogP contribution in [-0.4, -0.2) is 39.1 Å². The lowest BCUT2D eigenvalue weighted by Crippen LogP contribution is -2.32. The SMILES string of the molecule is CCCN(CC)C(=O)c1n[nH]c(C2CC2)n1. The molecule has 0 atom stereocenters. The lowest BCUT2D eigenvalue weighted by molar-refractivity contribution is 0.0752. The Bertz CT molecular complexity index is 370. The van der Waals surface area contributed by atoms with Gasteiger partial charge in [0, 0.05) is 19.0 Å². The van der Waals surface area contributed by atoms with E-state index in [0.717, 1.165) is 31.6 Å². The molecule has 5 nitrogen and oxygen atoms in total. The molecule has 88 valence electrons. The summed E-state index contributed by atoms with van der Waals surface area (Å²) >= 11 is 0. The van der Waals surface area contributed by atoms with Crippen LogP contribution < -0.4 is 0 Å². The van der Waals surface area contributed by atoms with Gasteiger partial charge >= 0.3 is 0 Å². The molecule has 1 heterocycles. The number of carbonyl (C=O) groups excluding carboxylic acids is 1. The predicted molar refractivity (Wildman–Crippen MR) is 60.2 cm³/mol. The minimum absolute atomic E-state index is 0.0625. The number of carbonyl (C=O) groups is 1. The largest absolute Gasteiger partial charge is 0.336 e. The Kier molecular flexibility index (Phi) is 3.22. The Morgan fingerprint density at radius 2 is 2.25 bits per heavy atom. The number of aromatic amines is 1. The Morgan fingerprint density at radius 3 is 2.81 bits per heavy atom. The summed E-state index contributed by atoms with van der Waals surface area (Å²) in [5.41, 5.74) is 0. The van der Waals surface area contributed by atoms with Gasteiger partial charge in [-0.15, -0.1) is 5.10 Å². The molecule has 0 unspecified atom stereocenters. The second-order valence-corrected chi connectivity index (χ2v) is 4.20. The predicted octanol–water partition coefficient (Wildman–Crippen LogP) is 1.55. The first-order valence-electron chi connectivity index (χ1n) is 5.97. The van der Waals surface area contributed by atoms with Gasteiger partial charge in [0.25, 0.3) is 5.91 Å². The third-order valence-corrected chi connectivity index (χ3v) is 2.82. The molecule has 0 aromatic carbocycles. The van der Waals surface area contributed by atoms with Crippen molar-refractivity contribution in [1.29, 1.82) is 0 Å². The topological polar surface area (TPSA) is 61.9 Å². The molecule has 0 aliphatic heterocycles. The molecule has 0 radical (unpaired) electrons. The van der Waals surface area contributed by atoms with E-state index in [0.29, 0.717) is 18.3 Å². The van der Waals surface area contributed by atoms with E-state index in [2.05, 4.69) is 22.1 Å². The maximum absolute atomic E-state index is 12.0. The summed E-state index contributed by atoms with van der Waals surface area (Å²) in [6.07, 6.45) is 3.28. The molecule has 1 aliphatic rings. The number of hydrogen-bond acceptors (Lipinski definition) is 3. The first-order valence-corrected chi connectivity index (χ1v) is 5.97. The van der Waals surface area contributed by atoms with E-state index in [1.165, 1.54) is 0 Å². The van der Waals surface area contributed by atoms with E-state index in [1.807, 2.05) is 6.92 Å². The molecule has 1 fully saturated rings. The number of aromatic nitrogens is 3. The highest BCUT2D eigenvalue weighted by Gasteiger charge is 2.28. The number of rotatable bonds is 5. The molecular formula is C11H18N4O. The first kappa shape index (κ1) is 11.1. The smallest absolute Gasteiger partial charge is 0.293 e. The summed E-state index contributed by atoms with van der Waals surface area (Å²) in [6.45, 7) is 5.51. The summed E-state index contributed by atoms with van der Waals surface area (Å²) in [6, 6.07) is 0. The van der Waals surface area contributed by atoms with Gasteiger partial charge in [0.1, 0.15) is 5.82 Å². The fourth-order valence-electron chi connectivity index (χ4n) is 1.72. The van der Waals surface area contributed by atoms with Crippen molar-refractivity contribution in [3.63, 3.8) is 0 Å². The van der Waals surface area contributed by atoms with Gasteiger partial charge in [-0.05, 0) is 26.2 Å².